The summed E-state index contributed by atoms with van der Waals surface area (Å²) >= 11 is 0. The molecule has 0 unspecified atom stereocenters. The SMILES string of the molecule is CC(C)C[C@H](CN)CC(=O)N(C)CC1CC(O)C1. The number of nitrogens with two attached hydrogens (primary N) is 1. The second kappa shape index (κ2) is 7.10. The van der Waals surface area contributed by atoms with Gasteiger partial charge in [0.15, 0.2) is 0 Å². The second-order valence-electron chi connectivity index (χ2n) is 6.20. The molecule has 18 heavy (non-hydrogen) atoms. The van der Waals surface area contributed by atoms with E-state index >= 15 is 0 Å². The van der Waals surface area contributed by atoms with Crippen molar-refractivity contribution in [3.8, 4) is 0 Å². The highest BCUT2D eigenvalue weighted by Gasteiger charge is 2.29. The lowest BCUT2D eigenvalue weighted by atomic mass is 9.82. The van der Waals surface area contributed by atoms with Gasteiger partial charge in [0, 0.05) is 20.0 Å². The van der Waals surface area contributed by atoms with Gasteiger partial charge in [-0.1, -0.05) is 13.8 Å². The number of aliphatic hydroxyl groups is 1. The van der Waals surface area contributed by atoms with Crippen LogP contribution in [-0.2, 0) is 4.79 Å². The average Bonchev–Trinajstić information content (AvgIpc) is 2.25. The third-order valence-corrected chi connectivity index (χ3v) is 3.77. The van der Waals surface area contributed by atoms with E-state index in [2.05, 4.69) is 13.8 Å². The van der Waals surface area contributed by atoms with E-state index in [-0.39, 0.29) is 12.0 Å². The number of amides is 1. The van der Waals surface area contributed by atoms with Crippen molar-refractivity contribution in [1.82, 2.24) is 4.90 Å². The molecule has 0 saturated heterocycles. The molecule has 1 atom stereocenters. The van der Waals surface area contributed by atoms with E-state index in [1.165, 1.54) is 0 Å². The number of carbonyl (C=O) groups excluding carboxylic acids is 1. The molecule has 0 bridgehead atoms. The van der Waals surface area contributed by atoms with Gasteiger partial charge < -0.3 is 15.7 Å². The van der Waals surface area contributed by atoms with E-state index in [0.717, 1.165) is 25.8 Å². The fourth-order valence-corrected chi connectivity index (χ4v) is 2.67. The Morgan fingerprint density at radius 2 is 2.06 bits per heavy atom. The molecule has 1 saturated carbocycles. The second-order valence-corrected chi connectivity index (χ2v) is 6.20. The molecule has 1 rings (SSSR count). The number of nitrogens with zero attached hydrogens (tertiary/aromatic N) is 1. The lowest BCUT2D eigenvalue weighted by molar-refractivity contribution is -0.132. The zero-order chi connectivity index (χ0) is 13.7. The third-order valence-electron chi connectivity index (χ3n) is 3.77. The summed E-state index contributed by atoms with van der Waals surface area (Å²) in [5, 5.41) is 9.23. The maximum Gasteiger partial charge on any atom is 0.222 e. The number of carbonyl (C=O) groups is 1. The summed E-state index contributed by atoms with van der Waals surface area (Å²) in [6, 6.07) is 0. The summed E-state index contributed by atoms with van der Waals surface area (Å²) in [7, 11) is 1.86. The Morgan fingerprint density at radius 3 is 2.50 bits per heavy atom. The van der Waals surface area contributed by atoms with Gasteiger partial charge in [-0.15, -0.1) is 0 Å². The first-order chi connectivity index (χ1) is 8.42. The van der Waals surface area contributed by atoms with Crippen molar-refractivity contribution in [1.29, 1.82) is 0 Å². The van der Waals surface area contributed by atoms with Crippen LogP contribution in [0.5, 0.6) is 0 Å². The predicted octanol–water partition coefficient (Wildman–Crippen LogP) is 1.23. The van der Waals surface area contributed by atoms with Crippen molar-refractivity contribution in [2.75, 3.05) is 20.1 Å². The van der Waals surface area contributed by atoms with Gasteiger partial charge in [0.05, 0.1) is 6.10 Å². The molecule has 3 N–H and O–H groups in total. The number of aliphatic hydroxyl groups excluding tert-OH is 1. The van der Waals surface area contributed by atoms with Crippen LogP contribution in [0.15, 0.2) is 0 Å². The molecule has 0 aromatic rings. The fraction of sp³-hybridized carbons (Fsp3) is 0.929. The number of hydrogen-bond acceptors (Lipinski definition) is 3. The first-order valence-corrected chi connectivity index (χ1v) is 7.04. The summed E-state index contributed by atoms with van der Waals surface area (Å²) in [4.78, 5) is 13.9. The van der Waals surface area contributed by atoms with Gasteiger partial charge in [-0.05, 0) is 43.6 Å². The zero-order valence-electron chi connectivity index (χ0n) is 11.9. The van der Waals surface area contributed by atoms with Gasteiger partial charge in [0.1, 0.15) is 0 Å². The number of rotatable bonds is 7. The minimum Gasteiger partial charge on any atom is -0.393 e. The van der Waals surface area contributed by atoms with Crippen LogP contribution < -0.4 is 5.73 Å². The minimum atomic E-state index is -0.142. The summed E-state index contributed by atoms with van der Waals surface area (Å²) in [5.74, 6) is 1.55. The Morgan fingerprint density at radius 1 is 1.44 bits per heavy atom. The molecule has 0 aliphatic heterocycles. The van der Waals surface area contributed by atoms with E-state index < -0.39 is 0 Å². The smallest absolute Gasteiger partial charge is 0.222 e. The Balaban J connectivity index is 2.29. The van der Waals surface area contributed by atoms with Crippen molar-refractivity contribution in [3.05, 3.63) is 0 Å². The first kappa shape index (κ1) is 15.4. The van der Waals surface area contributed by atoms with Crippen LogP contribution in [-0.4, -0.2) is 42.2 Å². The van der Waals surface area contributed by atoms with Gasteiger partial charge in [0.2, 0.25) is 5.91 Å². The van der Waals surface area contributed by atoms with Crippen molar-refractivity contribution < 1.29 is 9.90 Å². The van der Waals surface area contributed by atoms with Crippen LogP contribution in [0.1, 0.15) is 39.5 Å². The van der Waals surface area contributed by atoms with Crippen LogP contribution in [0.2, 0.25) is 0 Å². The molecule has 4 heteroatoms. The summed E-state index contributed by atoms with van der Waals surface area (Å²) in [6.45, 7) is 5.67. The molecule has 0 spiro atoms. The predicted molar refractivity (Wildman–Crippen MR) is 73.0 cm³/mol. The maximum absolute atomic E-state index is 12.1. The van der Waals surface area contributed by atoms with E-state index in [9.17, 15) is 9.90 Å². The molecule has 0 aromatic carbocycles. The molecule has 0 heterocycles. The van der Waals surface area contributed by atoms with E-state index in [1.807, 2.05) is 7.05 Å². The van der Waals surface area contributed by atoms with Crippen molar-refractivity contribution in [3.63, 3.8) is 0 Å². The van der Waals surface area contributed by atoms with E-state index in [1.54, 1.807) is 4.90 Å². The van der Waals surface area contributed by atoms with Gasteiger partial charge >= 0.3 is 0 Å². The fourth-order valence-electron chi connectivity index (χ4n) is 2.67. The van der Waals surface area contributed by atoms with E-state index in [4.69, 9.17) is 5.73 Å². The molecule has 1 fully saturated rings. The number of hydrogen-bond donors (Lipinski definition) is 2. The average molecular weight is 256 g/mol. The molecule has 4 nitrogen and oxygen atoms in total. The van der Waals surface area contributed by atoms with Crippen LogP contribution in [0.3, 0.4) is 0 Å². The highest BCUT2D eigenvalue weighted by Crippen LogP contribution is 2.28. The Labute approximate surface area is 111 Å². The standard InChI is InChI=1S/C14H28N2O2/c1-10(2)4-11(8-15)7-14(18)16(3)9-12-5-13(17)6-12/h10-13,17H,4-9,15H2,1-3H3/t11-,12?,13?/m0/s1. The minimum absolute atomic E-state index is 0.142. The molecule has 1 amide bonds. The highest BCUT2D eigenvalue weighted by atomic mass is 16.3. The van der Waals surface area contributed by atoms with Crippen LogP contribution in [0.25, 0.3) is 0 Å². The van der Waals surface area contributed by atoms with Gasteiger partial charge in [-0.2, -0.15) is 0 Å². The largest absolute Gasteiger partial charge is 0.393 e. The summed E-state index contributed by atoms with van der Waals surface area (Å²) in [5.41, 5.74) is 5.72. The highest BCUT2D eigenvalue weighted by molar-refractivity contribution is 5.76. The molecule has 106 valence electrons. The molecule has 0 aromatic heterocycles. The first-order valence-electron chi connectivity index (χ1n) is 7.04. The van der Waals surface area contributed by atoms with Crippen LogP contribution in [0, 0.1) is 17.8 Å². The monoisotopic (exact) mass is 256 g/mol. The van der Waals surface area contributed by atoms with Gasteiger partial charge in [-0.25, -0.2) is 0 Å². The Hall–Kier alpha value is -0.610. The third kappa shape index (κ3) is 4.94. The Bertz CT molecular complexity index is 263. The van der Waals surface area contributed by atoms with Crippen molar-refractivity contribution in [2.45, 2.75) is 45.6 Å². The van der Waals surface area contributed by atoms with Crippen molar-refractivity contribution >= 4 is 5.91 Å². The lowest BCUT2D eigenvalue weighted by Crippen LogP contribution is -2.40. The molecule has 1 aliphatic carbocycles. The van der Waals surface area contributed by atoms with Crippen molar-refractivity contribution in [2.24, 2.45) is 23.5 Å². The topological polar surface area (TPSA) is 66.6 Å². The molecule has 1 aliphatic rings. The summed E-state index contributed by atoms with van der Waals surface area (Å²) in [6.07, 6.45) is 3.10. The zero-order valence-corrected chi connectivity index (χ0v) is 11.9. The quantitative estimate of drug-likeness (QED) is 0.720. The normalized spacial score (nSPS) is 24.8. The van der Waals surface area contributed by atoms with Crippen LogP contribution >= 0.6 is 0 Å². The maximum atomic E-state index is 12.1. The van der Waals surface area contributed by atoms with Crippen LogP contribution in [0.4, 0.5) is 0 Å². The molecular weight excluding hydrogens is 228 g/mol. The summed E-state index contributed by atoms with van der Waals surface area (Å²) < 4.78 is 0. The lowest BCUT2D eigenvalue weighted by Gasteiger charge is -2.34. The van der Waals surface area contributed by atoms with E-state index in [0.29, 0.717) is 30.7 Å². The molecule has 0 radical (unpaired) electrons. The van der Waals surface area contributed by atoms with Gasteiger partial charge in [-0.3, -0.25) is 4.79 Å². The van der Waals surface area contributed by atoms with Gasteiger partial charge in [0.25, 0.3) is 0 Å². The Kier molecular flexibility index (Phi) is 6.09. The molecular formula is C14H28N2O2.